The summed E-state index contributed by atoms with van der Waals surface area (Å²) in [5.74, 6) is 0.160. The molecule has 0 aliphatic carbocycles. The number of hydrogen-bond donors (Lipinski definition) is 2. The van der Waals surface area contributed by atoms with Crippen molar-refractivity contribution < 1.29 is 24.1 Å². The first kappa shape index (κ1) is 17.1. The van der Waals surface area contributed by atoms with Gasteiger partial charge in [-0.3, -0.25) is 4.79 Å². The van der Waals surface area contributed by atoms with Crippen molar-refractivity contribution in [3.63, 3.8) is 0 Å². The fraction of sp³-hybridized carbons (Fsp3) is 0.533. The van der Waals surface area contributed by atoms with Gasteiger partial charge in [-0.05, 0) is 13.8 Å². The third-order valence-electron chi connectivity index (χ3n) is 3.38. The first-order valence-electron chi connectivity index (χ1n) is 6.55. The van der Waals surface area contributed by atoms with Gasteiger partial charge in [0.2, 0.25) is 0 Å². The summed E-state index contributed by atoms with van der Waals surface area (Å²) in [4.78, 5) is 11.2. The van der Waals surface area contributed by atoms with Crippen molar-refractivity contribution in [2.24, 2.45) is 5.73 Å². The molecule has 0 fully saturated rings. The largest absolute Gasteiger partial charge is 0.496 e. The Bertz CT molecular complexity index is 482. The van der Waals surface area contributed by atoms with E-state index in [1.165, 1.54) is 21.3 Å². The number of nitrogens with two attached hydrogens (primary N) is 1. The summed E-state index contributed by atoms with van der Waals surface area (Å²) in [6.07, 6.45) is -0.122. The minimum Gasteiger partial charge on any atom is -0.496 e. The van der Waals surface area contributed by atoms with E-state index in [4.69, 9.17) is 19.9 Å². The van der Waals surface area contributed by atoms with Crippen LogP contribution in [0.15, 0.2) is 12.1 Å². The van der Waals surface area contributed by atoms with E-state index in [1.807, 2.05) is 0 Å². The van der Waals surface area contributed by atoms with Crippen molar-refractivity contribution >= 4 is 5.97 Å². The number of carboxylic acids is 1. The van der Waals surface area contributed by atoms with E-state index in [0.29, 0.717) is 22.8 Å². The predicted octanol–water partition coefficient (Wildman–Crippen LogP) is 2.01. The molecule has 0 heterocycles. The summed E-state index contributed by atoms with van der Waals surface area (Å²) in [6.45, 7) is 3.56. The maximum atomic E-state index is 11.2. The monoisotopic (exact) mass is 297 g/mol. The molecule has 0 saturated carbocycles. The van der Waals surface area contributed by atoms with Gasteiger partial charge in [0.05, 0.1) is 27.8 Å². The molecule has 3 N–H and O–H groups in total. The van der Waals surface area contributed by atoms with Crippen molar-refractivity contribution in [1.82, 2.24) is 0 Å². The molecule has 0 bridgehead atoms. The Morgan fingerprint density at radius 3 is 1.95 bits per heavy atom. The van der Waals surface area contributed by atoms with Crippen molar-refractivity contribution in [2.45, 2.75) is 31.7 Å². The highest BCUT2D eigenvalue weighted by molar-refractivity contribution is 5.69. The number of ether oxygens (including phenoxy) is 3. The van der Waals surface area contributed by atoms with Crippen LogP contribution in [0.4, 0.5) is 0 Å². The minimum absolute atomic E-state index is 0.122. The van der Waals surface area contributed by atoms with Gasteiger partial charge in [0, 0.05) is 29.2 Å². The van der Waals surface area contributed by atoms with Crippen LogP contribution < -0.4 is 19.9 Å². The molecular weight excluding hydrogens is 274 g/mol. The number of benzene rings is 1. The summed E-state index contributed by atoms with van der Waals surface area (Å²) in [7, 11) is 4.56. The van der Waals surface area contributed by atoms with Crippen LogP contribution in [-0.4, -0.2) is 37.9 Å². The van der Waals surface area contributed by atoms with Gasteiger partial charge in [0.25, 0.3) is 0 Å². The summed E-state index contributed by atoms with van der Waals surface area (Å²) in [5, 5.41) is 9.17. The van der Waals surface area contributed by atoms with Gasteiger partial charge in [-0.25, -0.2) is 0 Å². The van der Waals surface area contributed by atoms with Crippen LogP contribution in [0.5, 0.6) is 17.2 Å². The Morgan fingerprint density at radius 1 is 1.19 bits per heavy atom. The van der Waals surface area contributed by atoms with Crippen molar-refractivity contribution in [3.8, 4) is 17.2 Å². The summed E-state index contributed by atoms with van der Waals surface area (Å²) in [5.41, 5.74) is 6.05. The van der Waals surface area contributed by atoms with E-state index in [-0.39, 0.29) is 6.42 Å². The van der Waals surface area contributed by atoms with Gasteiger partial charge in [-0.15, -0.1) is 0 Å². The second kappa shape index (κ2) is 6.67. The minimum atomic E-state index is -0.932. The highest BCUT2D eigenvalue weighted by Gasteiger charge is 2.34. The molecule has 1 rings (SSSR count). The lowest BCUT2D eigenvalue weighted by atomic mass is 9.79. The van der Waals surface area contributed by atoms with E-state index in [1.54, 1.807) is 26.0 Å². The van der Waals surface area contributed by atoms with Gasteiger partial charge in [-0.1, -0.05) is 0 Å². The second-order valence-corrected chi connectivity index (χ2v) is 5.42. The fourth-order valence-corrected chi connectivity index (χ4v) is 2.29. The Labute approximate surface area is 124 Å². The van der Waals surface area contributed by atoms with Crippen LogP contribution in [-0.2, 0) is 4.79 Å². The highest BCUT2D eigenvalue weighted by Crippen LogP contribution is 2.44. The Morgan fingerprint density at radius 2 is 1.67 bits per heavy atom. The Kier molecular flexibility index (Phi) is 5.43. The fourth-order valence-electron chi connectivity index (χ4n) is 2.29. The molecule has 0 aliphatic rings. The molecule has 0 aliphatic heterocycles. The quantitative estimate of drug-likeness (QED) is 0.800. The smallest absolute Gasteiger partial charge is 0.304 e. The van der Waals surface area contributed by atoms with Crippen LogP contribution in [0.3, 0.4) is 0 Å². The maximum absolute atomic E-state index is 11.2. The molecule has 1 atom stereocenters. The third kappa shape index (κ3) is 4.01. The second-order valence-electron chi connectivity index (χ2n) is 5.42. The summed E-state index contributed by atoms with van der Waals surface area (Å²) in [6, 6.07) is 3.39. The highest BCUT2D eigenvalue weighted by atomic mass is 16.5. The van der Waals surface area contributed by atoms with Crippen LogP contribution >= 0.6 is 0 Å². The molecule has 6 heteroatoms. The van der Waals surface area contributed by atoms with Crippen LogP contribution in [0, 0.1) is 0 Å². The van der Waals surface area contributed by atoms with E-state index in [0.717, 1.165) is 0 Å². The van der Waals surface area contributed by atoms with E-state index < -0.39 is 17.4 Å². The molecular formula is C15H23NO5. The normalized spacial score (nSPS) is 12.7. The molecule has 6 nitrogen and oxygen atoms in total. The van der Waals surface area contributed by atoms with Gasteiger partial charge in [0.15, 0.2) is 0 Å². The molecule has 0 radical (unpaired) electrons. The topological polar surface area (TPSA) is 91.0 Å². The molecule has 118 valence electrons. The first-order chi connectivity index (χ1) is 9.74. The molecule has 0 saturated heterocycles. The number of hydrogen-bond acceptors (Lipinski definition) is 5. The standard InChI is InChI=1S/C15H23NO5/c1-15(2,16)10(8-13(17)18)14-11(20-4)6-9(19-3)7-12(14)21-5/h6-7,10H,8,16H2,1-5H3,(H,17,18). The third-order valence-corrected chi connectivity index (χ3v) is 3.38. The number of methoxy groups -OCH3 is 3. The van der Waals surface area contributed by atoms with E-state index in [2.05, 4.69) is 0 Å². The lowest BCUT2D eigenvalue weighted by molar-refractivity contribution is -0.137. The average Bonchev–Trinajstić information content (AvgIpc) is 2.42. The SMILES string of the molecule is COc1cc(OC)c(C(CC(=O)O)C(C)(C)N)c(OC)c1. The van der Waals surface area contributed by atoms with Gasteiger partial charge in [0.1, 0.15) is 17.2 Å². The van der Waals surface area contributed by atoms with Crippen LogP contribution in [0.25, 0.3) is 0 Å². The van der Waals surface area contributed by atoms with Crippen molar-refractivity contribution in [2.75, 3.05) is 21.3 Å². The molecule has 21 heavy (non-hydrogen) atoms. The Balaban J connectivity index is 3.51. The zero-order valence-corrected chi connectivity index (χ0v) is 13.1. The van der Waals surface area contributed by atoms with Crippen LogP contribution in [0.1, 0.15) is 31.7 Å². The number of carboxylic acid groups (broad SMARTS) is 1. The average molecular weight is 297 g/mol. The Hall–Kier alpha value is -1.95. The molecule has 1 aromatic carbocycles. The maximum Gasteiger partial charge on any atom is 0.304 e. The molecule has 0 aromatic heterocycles. The zero-order chi connectivity index (χ0) is 16.2. The lowest BCUT2D eigenvalue weighted by Crippen LogP contribution is -2.40. The zero-order valence-electron chi connectivity index (χ0n) is 13.1. The van der Waals surface area contributed by atoms with Gasteiger partial charge in [-0.2, -0.15) is 0 Å². The van der Waals surface area contributed by atoms with Crippen molar-refractivity contribution in [1.29, 1.82) is 0 Å². The molecule has 1 aromatic rings. The van der Waals surface area contributed by atoms with Crippen molar-refractivity contribution in [3.05, 3.63) is 17.7 Å². The van der Waals surface area contributed by atoms with Gasteiger partial charge >= 0.3 is 5.97 Å². The molecule has 0 spiro atoms. The lowest BCUT2D eigenvalue weighted by Gasteiger charge is -2.32. The van der Waals surface area contributed by atoms with Gasteiger partial charge < -0.3 is 25.1 Å². The molecule has 0 amide bonds. The number of aliphatic carboxylic acids is 1. The van der Waals surface area contributed by atoms with E-state index >= 15 is 0 Å². The number of carbonyl (C=O) groups is 1. The first-order valence-corrected chi connectivity index (χ1v) is 6.55. The summed E-state index contributed by atoms with van der Waals surface area (Å²) >= 11 is 0. The predicted molar refractivity (Wildman–Crippen MR) is 79.4 cm³/mol. The summed E-state index contributed by atoms with van der Waals surface area (Å²) < 4.78 is 16.0. The number of rotatable bonds is 7. The van der Waals surface area contributed by atoms with E-state index in [9.17, 15) is 9.90 Å². The molecule has 1 unspecified atom stereocenters. The van der Waals surface area contributed by atoms with Crippen LogP contribution in [0.2, 0.25) is 0 Å².